The Labute approximate surface area is 135 Å². The predicted octanol–water partition coefficient (Wildman–Crippen LogP) is 3.74. The SMILES string of the molecule is CCn1nc(C)cc1C(=O)N1CC[C@@H](C)Sc2ccccc21. The number of para-hydroxylation sites is 1. The van der Waals surface area contributed by atoms with Crippen molar-refractivity contribution in [3.8, 4) is 0 Å². The summed E-state index contributed by atoms with van der Waals surface area (Å²) in [6, 6.07) is 10.1. The van der Waals surface area contributed by atoms with Gasteiger partial charge in [0.05, 0.1) is 11.4 Å². The molecule has 0 spiro atoms. The lowest BCUT2D eigenvalue weighted by Crippen LogP contribution is -2.33. The minimum absolute atomic E-state index is 0.0459. The van der Waals surface area contributed by atoms with Crippen LogP contribution in [0, 0.1) is 6.92 Å². The van der Waals surface area contributed by atoms with Crippen LogP contribution in [-0.4, -0.2) is 27.5 Å². The minimum Gasteiger partial charge on any atom is -0.306 e. The van der Waals surface area contributed by atoms with Crippen LogP contribution in [0.5, 0.6) is 0 Å². The van der Waals surface area contributed by atoms with Gasteiger partial charge >= 0.3 is 0 Å². The Balaban J connectivity index is 2.01. The maximum Gasteiger partial charge on any atom is 0.276 e. The van der Waals surface area contributed by atoms with Crippen molar-refractivity contribution < 1.29 is 4.79 Å². The molecule has 1 aliphatic rings. The van der Waals surface area contributed by atoms with Crippen LogP contribution in [0.15, 0.2) is 35.2 Å². The Hall–Kier alpha value is -1.75. The predicted molar refractivity (Wildman–Crippen MR) is 90.7 cm³/mol. The quantitative estimate of drug-likeness (QED) is 0.847. The fraction of sp³-hybridized carbons (Fsp3) is 0.412. The van der Waals surface area contributed by atoms with Gasteiger partial charge in [0.1, 0.15) is 5.69 Å². The summed E-state index contributed by atoms with van der Waals surface area (Å²) in [5.74, 6) is 0.0459. The Morgan fingerprint density at radius 2 is 2.18 bits per heavy atom. The van der Waals surface area contributed by atoms with Crippen molar-refractivity contribution in [2.24, 2.45) is 0 Å². The van der Waals surface area contributed by atoms with Gasteiger partial charge in [-0.2, -0.15) is 5.10 Å². The average Bonchev–Trinajstić information content (AvgIpc) is 2.80. The topological polar surface area (TPSA) is 38.1 Å². The maximum atomic E-state index is 13.1. The van der Waals surface area contributed by atoms with E-state index in [0.29, 0.717) is 17.5 Å². The zero-order valence-electron chi connectivity index (χ0n) is 13.2. The molecule has 0 saturated carbocycles. The molecule has 1 aliphatic heterocycles. The molecule has 1 atom stereocenters. The van der Waals surface area contributed by atoms with Crippen molar-refractivity contribution >= 4 is 23.4 Å². The van der Waals surface area contributed by atoms with E-state index in [2.05, 4.69) is 18.1 Å². The first-order valence-electron chi connectivity index (χ1n) is 7.72. The number of aromatic nitrogens is 2. The highest BCUT2D eigenvalue weighted by atomic mass is 32.2. The molecule has 22 heavy (non-hydrogen) atoms. The zero-order chi connectivity index (χ0) is 15.7. The highest BCUT2D eigenvalue weighted by Crippen LogP contribution is 2.37. The second-order valence-corrected chi connectivity index (χ2v) is 7.11. The third kappa shape index (κ3) is 2.77. The first-order valence-corrected chi connectivity index (χ1v) is 8.60. The van der Waals surface area contributed by atoms with Gasteiger partial charge in [0.15, 0.2) is 0 Å². The molecule has 1 aromatic carbocycles. The molecule has 1 amide bonds. The van der Waals surface area contributed by atoms with Crippen molar-refractivity contribution in [3.63, 3.8) is 0 Å². The fourth-order valence-electron chi connectivity index (χ4n) is 2.79. The largest absolute Gasteiger partial charge is 0.306 e. The fourth-order valence-corrected chi connectivity index (χ4v) is 3.91. The normalized spacial score (nSPS) is 18.0. The molecule has 5 heteroatoms. The molecule has 0 N–H and O–H groups in total. The number of fused-ring (bicyclic) bond motifs is 1. The Morgan fingerprint density at radius 3 is 2.95 bits per heavy atom. The second-order valence-electron chi connectivity index (χ2n) is 5.63. The van der Waals surface area contributed by atoms with Crippen LogP contribution in [0.3, 0.4) is 0 Å². The second kappa shape index (κ2) is 6.16. The van der Waals surface area contributed by atoms with Crippen molar-refractivity contribution in [1.29, 1.82) is 0 Å². The number of anilines is 1. The molecular weight excluding hydrogens is 294 g/mol. The lowest BCUT2D eigenvalue weighted by Gasteiger charge is -2.22. The molecule has 116 valence electrons. The number of benzene rings is 1. The number of hydrogen-bond donors (Lipinski definition) is 0. The Bertz CT molecular complexity index is 695. The zero-order valence-corrected chi connectivity index (χ0v) is 14.1. The van der Waals surface area contributed by atoms with Gasteiger partial charge in [-0.25, -0.2) is 0 Å². The number of nitrogens with zero attached hydrogens (tertiary/aromatic N) is 3. The van der Waals surface area contributed by atoms with E-state index in [1.165, 1.54) is 4.90 Å². The number of thioether (sulfide) groups is 1. The molecule has 2 heterocycles. The van der Waals surface area contributed by atoms with Gasteiger partial charge in [0.2, 0.25) is 0 Å². The third-order valence-electron chi connectivity index (χ3n) is 3.91. The van der Waals surface area contributed by atoms with Crippen molar-refractivity contribution in [3.05, 3.63) is 41.7 Å². The monoisotopic (exact) mass is 315 g/mol. The number of hydrogen-bond acceptors (Lipinski definition) is 3. The van der Waals surface area contributed by atoms with Gasteiger partial charge in [0.25, 0.3) is 5.91 Å². The molecule has 0 aliphatic carbocycles. The van der Waals surface area contributed by atoms with Gasteiger partial charge in [-0.05, 0) is 38.5 Å². The molecule has 0 radical (unpaired) electrons. The van der Waals surface area contributed by atoms with Crippen LogP contribution in [0.1, 0.15) is 36.5 Å². The summed E-state index contributed by atoms with van der Waals surface area (Å²) in [6.45, 7) is 7.61. The summed E-state index contributed by atoms with van der Waals surface area (Å²) < 4.78 is 1.79. The van der Waals surface area contributed by atoms with E-state index in [-0.39, 0.29) is 5.91 Å². The Kier molecular flexibility index (Phi) is 4.25. The van der Waals surface area contributed by atoms with E-state index in [1.54, 1.807) is 4.68 Å². The van der Waals surface area contributed by atoms with Gasteiger partial charge in [-0.15, -0.1) is 11.8 Å². The first-order chi connectivity index (χ1) is 10.6. The Morgan fingerprint density at radius 1 is 1.41 bits per heavy atom. The van der Waals surface area contributed by atoms with E-state index in [9.17, 15) is 4.79 Å². The molecule has 0 bridgehead atoms. The lowest BCUT2D eigenvalue weighted by molar-refractivity contribution is 0.0976. The minimum atomic E-state index is 0.0459. The summed E-state index contributed by atoms with van der Waals surface area (Å²) in [6.07, 6.45) is 0.990. The number of rotatable bonds is 2. The third-order valence-corrected chi connectivity index (χ3v) is 5.15. The molecule has 0 unspecified atom stereocenters. The molecule has 2 aromatic rings. The maximum absolute atomic E-state index is 13.1. The number of carbonyl (C=O) groups is 1. The lowest BCUT2D eigenvalue weighted by atomic mass is 10.2. The van der Waals surface area contributed by atoms with Gasteiger partial charge < -0.3 is 4.90 Å². The summed E-state index contributed by atoms with van der Waals surface area (Å²) in [4.78, 5) is 16.2. The van der Waals surface area contributed by atoms with Crippen LogP contribution in [-0.2, 0) is 6.54 Å². The molecule has 1 aromatic heterocycles. The molecular formula is C17H21N3OS. The van der Waals surface area contributed by atoms with Crippen LogP contribution >= 0.6 is 11.8 Å². The van der Waals surface area contributed by atoms with E-state index in [0.717, 1.165) is 24.3 Å². The number of amides is 1. The van der Waals surface area contributed by atoms with Gasteiger partial charge in [-0.3, -0.25) is 9.48 Å². The number of carbonyl (C=O) groups excluding carboxylic acids is 1. The highest BCUT2D eigenvalue weighted by molar-refractivity contribution is 8.00. The van der Waals surface area contributed by atoms with E-state index < -0.39 is 0 Å². The smallest absolute Gasteiger partial charge is 0.276 e. The highest BCUT2D eigenvalue weighted by Gasteiger charge is 2.27. The van der Waals surface area contributed by atoms with Crippen LogP contribution in [0.25, 0.3) is 0 Å². The van der Waals surface area contributed by atoms with Crippen LogP contribution < -0.4 is 4.90 Å². The molecule has 3 rings (SSSR count). The molecule has 0 fully saturated rings. The van der Waals surface area contributed by atoms with Crippen molar-refractivity contribution in [2.75, 3.05) is 11.4 Å². The average molecular weight is 315 g/mol. The van der Waals surface area contributed by atoms with Crippen LogP contribution in [0.2, 0.25) is 0 Å². The van der Waals surface area contributed by atoms with E-state index in [4.69, 9.17) is 0 Å². The van der Waals surface area contributed by atoms with E-state index in [1.807, 2.05) is 54.8 Å². The van der Waals surface area contributed by atoms with Crippen molar-refractivity contribution in [2.45, 2.75) is 43.9 Å². The molecule has 0 saturated heterocycles. The first kappa shape index (κ1) is 15.2. The summed E-state index contributed by atoms with van der Waals surface area (Å²) >= 11 is 1.85. The summed E-state index contributed by atoms with van der Waals surface area (Å²) in [5, 5.41) is 4.91. The van der Waals surface area contributed by atoms with Gasteiger partial charge in [-0.1, -0.05) is 19.1 Å². The van der Waals surface area contributed by atoms with E-state index >= 15 is 0 Å². The van der Waals surface area contributed by atoms with Crippen molar-refractivity contribution in [1.82, 2.24) is 9.78 Å². The summed E-state index contributed by atoms with van der Waals surface area (Å²) in [7, 11) is 0. The molecule has 4 nitrogen and oxygen atoms in total. The van der Waals surface area contributed by atoms with Crippen LogP contribution in [0.4, 0.5) is 5.69 Å². The number of aryl methyl sites for hydroxylation is 2. The standard InChI is InChI=1S/C17H21N3OS/c1-4-20-15(11-12(2)18-20)17(21)19-10-9-13(3)22-16-8-6-5-7-14(16)19/h5-8,11,13H,4,9-10H2,1-3H3/t13-/m1/s1. The summed E-state index contributed by atoms with van der Waals surface area (Å²) in [5.41, 5.74) is 2.58. The van der Waals surface area contributed by atoms with Gasteiger partial charge in [0, 0.05) is 23.2 Å².